The molecule has 1 aliphatic rings. The highest BCUT2D eigenvalue weighted by Gasteiger charge is 2.18. The van der Waals surface area contributed by atoms with Gasteiger partial charge in [0.05, 0.1) is 15.8 Å². The van der Waals surface area contributed by atoms with Gasteiger partial charge in [0, 0.05) is 30.3 Å². The lowest BCUT2D eigenvalue weighted by molar-refractivity contribution is 0.0951. The van der Waals surface area contributed by atoms with E-state index in [-0.39, 0.29) is 12.5 Å². The van der Waals surface area contributed by atoms with Gasteiger partial charge in [0.15, 0.2) is 5.76 Å². The summed E-state index contributed by atoms with van der Waals surface area (Å²) in [7, 11) is 0. The molecule has 2 aromatic heterocycles. The zero-order valence-electron chi connectivity index (χ0n) is 14.4. The molecule has 1 fully saturated rings. The van der Waals surface area contributed by atoms with E-state index in [4.69, 9.17) is 21.5 Å². The zero-order chi connectivity index (χ0) is 18.8. The average Bonchev–Trinajstić information content (AvgIpc) is 3.27. The van der Waals surface area contributed by atoms with Gasteiger partial charge in [0.25, 0.3) is 5.91 Å². The minimum Gasteiger partial charge on any atom is -0.359 e. The Balaban J connectivity index is 1.38. The summed E-state index contributed by atoms with van der Waals surface area (Å²) in [5.74, 6) is 0.933. The lowest BCUT2D eigenvalue weighted by atomic mass is 10.1. The smallest absolute Gasteiger partial charge is 0.261 e. The van der Waals surface area contributed by atoms with Gasteiger partial charge in [0.2, 0.25) is 0 Å². The molecule has 27 heavy (non-hydrogen) atoms. The molecule has 2 N–H and O–H groups in total. The molecule has 1 saturated heterocycles. The topological polar surface area (TPSA) is 82.2 Å². The second kappa shape index (κ2) is 7.54. The molecule has 6 nitrogen and oxygen atoms in total. The van der Waals surface area contributed by atoms with E-state index in [9.17, 15) is 4.79 Å². The van der Waals surface area contributed by atoms with Gasteiger partial charge in [0.1, 0.15) is 11.5 Å². The standard InChI is InChI=1S/C19H17ClN4O2S/c20-17-7-6-16(27-17)19(25)22-11-14-10-15(23-26-14)12-2-4-13(5-3-12)18(21)24-8-1-9-24/h2-7,10,21H,1,8-9,11H2,(H,22,25). The first-order valence-electron chi connectivity index (χ1n) is 8.53. The summed E-state index contributed by atoms with van der Waals surface area (Å²) >= 11 is 7.08. The van der Waals surface area contributed by atoms with E-state index in [0.717, 1.165) is 30.6 Å². The first kappa shape index (κ1) is 17.8. The average molecular weight is 401 g/mol. The number of amides is 1. The Morgan fingerprint density at radius 1 is 1.26 bits per heavy atom. The van der Waals surface area contributed by atoms with Gasteiger partial charge >= 0.3 is 0 Å². The Kier molecular flexibility index (Phi) is 4.96. The van der Waals surface area contributed by atoms with E-state index in [0.29, 0.717) is 26.5 Å². The molecule has 0 atom stereocenters. The van der Waals surface area contributed by atoms with Gasteiger partial charge in [-0.15, -0.1) is 11.3 Å². The first-order valence-corrected chi connectivity index (χ1v) is 9.73. The number of benzene rings is 1. The van der Waals surface area contributed by atoms with Crippen LogP contribution in [0, 0.1) is 5.41 Å². The van der Waals surface area contributed by atoms with Gasteiger partial charge in [-0.05, 0) is 18.6 Å². The molecular weight excluding hydrogens is 384 g/mol. The third kappa shape index (κ3) is 3.89. The zero-order valence-corrected chi connectivity index (χ0v) is 15.9. The van der Waals surface area contributed by atoms with Crippen LogP contribution in [0.3, 0.4) is 0 Å². The van der Waals surface area contributed by atoms with Crippen molar-refractivity contribution in [3.05, 3.63) is 63.0 Å². The van der Waals surface area contributed by atoms with Crippen molar-refractivity contribution in [2.24, 2.45) is 0 Å². The number of amidine groups is 1. The van der Waals surface area contributed by atoms with Crippen molar-refractivity contribution in [3.8, 4) is 11.3 Å². The lowest BCUT2D eigenvalue weighted by Crippen LogP contribution is -2.42. The molecule has 138 valence electrons. The second-order valence-electron chi connectivity index (χ2n) is 6.23. The Morgan fingerprint density at radius 3 is 2.67 bits per heavy atom. The largest absolute Gasteiger partial charge is 0.359 e. The monoisotopic (exact) mass is 400 g/mol. The van der Waals surface area contributed by atoms with Crippen LogP contribution in [-0.2, 0) is 6.54 Å². The van der Waals surface area contributed by atoms with E-state index in [1.165, 1.54) is 11.3 Å². The predicted molar refractivity (Wildman–Crippen MR) is 105 cm³/mol. The molecule has 4 rings (SSSR count). The number of likely N-dealkylation sites (tertiary alicyclic amines) is 1. The molecule has 3 heterocycles. The van der Waals surface area contributed by atoms with Crippen molar-refractivity contribution in [1.82, 2.24) is 15.4 Å². The van der Waals surface area contributed by atoms with E-state index < -0.39 is 0 Å². The minimum atomic E-state index is -0.196. The quantitative estimate of drug-likeness (QED) is 0.500. The highest BCUT2D eigenvalue weighted by molar-refractivity contribution is 7.17. The molecule has 1 amide bonds. The molecule has 0 unspecified atom stereocenters. The van der Waals surface area contributed by atoms with Crippen LogP contribution in [0.4, 0.5) is 0 Å². The van der Waals surface area contributed by atoms with Crippen LogP contribution in [0.15, 0.2) is 47.0 Å². The molecule has 0 radical (unpaired) electrons. The summed E-state index contributed by atoms with van der Waals surface area (Å²) in [6.45, 7) is 2.16. The molecule has 1 aromatic carbocycles. The van der Waals surface area contributed by atoms with E-state index in [2.05, 4.69) is 10.5 Å². The number of carbonyl (C=O) groups excluding carboxylic acids is 1. The number of nitrogens with one attached hydrogen (secondary N) is 2. The Bertz CT molecular complexity index is 976. The summed E-state index contributed by atoms with van der Waals surface area (Å²) in [4.78, 5) is 14.7. The maximum absolute atomic E-state index is 12.0. The van der Waals surface area contributed by atoms with Crippen LogP contribution in [0.2, 0.25) is 4.34 Å². The number of nitrogens with zero attached hydrogens (tertiary/aromatic N) is 2. The number of hydrogen-bond acceptors (Lipinski definition) is 5. The number of hydrogen-bond donors (Lipinski definition) is 2. The Morgan fingerprint density at radius 2 is 2.04 bits per heavy atom. The number of aromatic nitrogens is 1. The molecule has 3 aromatic rings. The van der Waals surface area contributed by atoms with Crippen LogP contribution in [0.1, 0.15) is 27.4 Å². The lowest BCUT2D eigenvalue weighted by Gasteiger charge is -2.33. The van der Waals surface area contributed by atoms with Crippen molar-refractivity contribution in [3.63, 3.8) is 0 Å². The summed E-state index contributed by atoms with van der Waals surface area (Å²) in [6.07, 6.45) is 1.15. The first-order chi connectivity index (χ1) is 13.1. The van der Waals surface area contributed by atoms with Crippen molar-refractivity contribution in [1.29, 1.82) is 5.41 Å². The summed E-state index contributed by atoms with van der Waals surface area (Å²) in [5, 5.41) is 15.0. The van der Waals surface area contributed by atoms with Crippen LogP contribution < -0.4 is 5.32 Å². The van der Waals surface area contributed by atoms with Gasteiger partial charge in [-0.1, -0.05) is 41.0 Å². The van der Waals surface area contributed by atoms with Crippen LogP contribution >= 0.6 is 22.9 Å². The van der Waals surface area contributed by atoms with Crippen molar-refractivity contribution in [2.75, 3.05) is 13.1 Å². The fourth-order valence-electron chi connectivity index (χ4n) is 2.74. The van der Waals surface area contributed by atoms with Gasteiger partial charge in [-0.25, -0.2) is 0 Å². The fraction of sp³-hybridized carbons (Fsp3) is 0.211. The van der Waals surface area contributed by atoms with Crippen molar-refractivity contribution >= 4 is 34.7 Å². The molecule has 8 heteroatoms. The van der Waals surface area contributed by atoms with E-state index >= 15 is 0 Å². The van der Waals surface area contributed by atoms with Gasteiger partial charge < -0.3 is 14.7 Å². The van der Waals surface area contributed by atoms with Crippen molar-refractivity contribution in [2.45, 2.75) is 13.0 Å². The third-order valence-electron chi connectivity index (χ3n) is 4.41. The van der Waals surface area contributed by atoms with E-state index in [1.54, 1.807) is 18.2 Å². The molecule has 0 aliphatic carbocycles. The SMILES string of the molecule is N=C(c1ccc(-c2cc(CNC(=O)c3ccc(Cl)s3)on2)cc1)N1CCC1. The molecule has 0 saturated carbocycles. The fourth-order valence-corrected chi connectivity index (χ4v) is 3.70. The Hall–Kier alpha value is -2.64. The summed E-state index contributed by atoms with van der Waals surface area (Å²) < 4.78 is 5.89. The van der Waals surface area contributed by atoms with Crippen LogP contribution in [0.25, 0.3) is 11.3 Å². The van der Waals surface area contributed by atoms with Gasteiger partial charge in [-0.3, -0.25) is 10.2 Å². The molecule has 0 spiro atoms. The highest BCUT2D eigenvalue weighted by Crippen LogP contribution is 2.23. The third-order valence-corrected chi connectivity index (χ3v) is 5.64. The summed E-state index contributed by atoms with van der Waals surface area (Å²) in [5.41, 5.74) is 2.49. The minimum absolute atomic E-state index is 0.196. The van der Waals surface area contributed by atoms with E-state index in [1.807, 2.05) is 29.2 Å². The normalized spacial score (nSPS) is 13.3. The van der Waals surface area contributed by atoms with Crippen LogP contribution in [0.5, 0.6) is 0 Å². The Labute approximate surface area is 165 Å². The molecule has 0 bridgehead atoms. The molecular formula is C19H17ClN4O2S. The highest BCUT2D eigenvalue weighted by atomic mass is 35.5. The number of carbonyl (C=O) groups is 1. The maximum Gasteiger partial charge on any atom is 0.261 e. The predicted octanol–water partition coefficient (Wildman–Crippen LogP) is 4.02. The second-order valence-corrected chi connectivity index (χ2v) is 7.95. The maximum atomic E-state index is 12.0. The van der Waals surface area contributed by atoms with Crippen molar-refractivity contribution < 1.29 is 9.32 Å². The number of rotatable bonds is 5. The summed E-state index contributed by atoms with van der Waals surface area (Å²) in [6, 6.07) is 12.9. The number of halogens is 1. The van der Waals surface area contributed by atoms with Gasteiger partial charge in [-0.2, -0.15) is 0 Å². The number of thiophene rings is 1. The molecule has 1 aliphatic heterocycles. The van der Waals surface area contributed by atoms with Crippen LogP contribution in [-0.4, -0.2) is 34.9 Å².